The molecule has 0 aromatic carbocycles. The second kappa shape index (κ2) is 5.53. The molecule has 1 rings (SSSR count). The van der Waals surface area contributed by atoms with Crippen molar-refractivity contribution in [2.45, 2.75) is 39.7 Å². The van der Waals surface area contributed by atoms with E-state index < -0.39 is 6.10 Å². The van der Waals surface area contributed by atoms with E-state index in [0.717, 1.165) is 23.4 Å². The van der Waals surface area contributed by atoms with Gasteiger partial charge in [0, 0.05) is 23.4 Å². The van der Waals surface area contributed by atoms with Crippen LogP contribution >= 0.6 is 0 Å². The van der Waals surface area contributed by atoms with E-state index in [2.05, 4.69) is 16.8 Å². The van der Waals surface area contributed by atoms with Gasteiger partial charge in [-0.05, 0) is 33.3 Å². The maximum absolute atomic E-state index is 9.91. The Morgan fingerprint density at radius 1 is 1.40 bits per heavy atom. The molecule has 0 aliphatic carbocycles. The van der Waals surface area contributed by atoms with Crippen LogP contribution in [0.2, 0.25) is 0 Å². The fourth-order valence-corrected chi connectivity index (χ4v) is 1.54. The number of nitrogens with zero attached hydrogens (tertiary/aromatic N) is 1. The van der Waals surface area contributed by atoms with E-state index in [1.54, 1.807) is 0 Å². The Labute approximate surface area is 91.4 Å². The summed E-state index contributed by atoms with van der Waals surface area (Å²) in [5, 5.41) is 9.91. The first-order valence-corrected chi connectivity index (χ1v) is 5.17. The van der Waals surface area contributed by atoms with Crippen molar-refractivity contribution in [1.82, 2.24) is 4.98 Å². The summed E-state index contributed by atoms with van der Waals surface area (Å²) in [6, 6.07) is 3.87. The third-order valence-electron chi connectivity index (χ3n) is 2.34. The highest BCUT2D eigenvalue weighted by molar-refractivity contribution is 5.24. The van der Waals surface area contributed by atoms with Crippen LogP contribution in [0, 0.1) is 25.7 Å². The van der Waals surface area contributed by atoms with Crippen molar-refractivity contribution in [2.24, 2.45) is 0 Å². The lowest BCUT2D eigenvalue weighted by Gasteiger charge is -2.11. The summed E-state index contributed by atoms with van der Waals surface area (Å²) in [6.45, 7) is 5.69. The highest BCUT2D eigenvalue weighted by Gasteiger charge is 2.10. The predicted octanol–water partition coefficient (Wildman–Crippen LogP) is 2.54. The van der Waals surface area contributed by atoms with Crippen molar-refractivity contribution >= 4 is 0 Å². The number of aromatic nitrogens is 1. The summed E-state index contributed by atoms with van der Waals surface area (Å²) in [4.78, 5) is 4.33. The lowest BCUT2D eigenvalue weighted by molar-refractivity contribution is 0.168. The van der Waals surface area contributed by atoms with Gasteiger partial charge in [0.2, 0.25) is 0 Å². The van der Waals surface area contributed by atoms with Gasteiger partial charge in [0.25, 0.3) is 0 Å². The molecular formula is C13H17NO. The minimum atomic E-state index is -0.445. The van der Waals surface area contributed by atoms with E-state index in [9.17, 15) is 5.11 Å². The zero-order valence-electron chi connectivity index (χ0n) is 9.54. The molecule has 1 unspecified atom stereocenters. The molecule has 1 N–H and O–H groups in total. The summed E-state index contributed by atoms with van der Waals surface area (Å²) in [6.07, 6.45) is 0.955. The molecular weight excluding hydrogens is 186 g/mol. The number of rotatable bonds is 3. The van der Waals surface area contributed by atoms with Gasteiger partial charge in [-0.25, -0.2) is 0 Å². The fraction of sp³-hybridized carbons (Fsp3) is 0.462. The highest BCUT2D eigenvalue weighted by atomic mass is 16.3. The average Bonchev–Trinajstić information content (AvgIpc) is 2.17. The Hall–Kier alpha value is -1.33. The molecule has 0 amide bonds. The standard InChI is InChI=1S/C13H17NO/c1-4-5-6-7-13(15)12-9-8-10(2)14-11(12)3/h8-9,13,15H,6-7H2,1-3H3. The van der Waals surface area contributed by atoms with E-state index in [4.69, 9.17) is 0 Å². The molecule has 0 saturated heterocycles. The normalized spacial score (nSPS) is 11.7. The van der Waals surface area contributed by atoms with Crippen LogP contribution in [0.3, 0.4) is 0 Å². The Kier molecular flexibility index (Phi) is 4.33. The summed E-state index contributed by atoms with van der Waals surface area (Å²) in [7, 11) is 0. The third kappa shape index (κ3) is 3.38. The van der Waals surface area contributed by atoms with Gasteiger partial charge in [-0.2, -0.15) is 0 Å². The number of aliphatic hydroxyl groups excluding tert-OH is 1. The maximum Gasteiger partial charge on any atom is 0.0816 e. The van der Waals surface area contributed by atoms with Gasteiger partial charge in [-0.3, -0.25) is 4.98 Å². The fourth-order valence-electron chi connectivity index (χ4n) is 1.54. The van der Waals surface area contributed by atoms with Gasteiger partial charge >= 0.3 is 0 Å². The van der Waals surface area contributed by atoms with E-state index in [1.165, 1.54) is 0 Å². The summed E-state index contributed by atoms with van der Waals surface area (Å²) >= 11 is 0. The van der Waals surface area contributed by atoms with Crippen LogP contribution in [0.1, 0.15) is 42.8 Å². The van der Waals surface area contributed by atoms with Gasteiger partial charge in [-0.1, -0.05) is 6.07 Å². The number of hydrogen-bond donors (Lipinski definition) is 1. The summed E-state index contributed by atoms with van der Waals surface area (Å²) in [5.74, 6) is 5.77. The smallest absolute Gasteiger partial charge is 0.0816 e. The number of hydrogen-bond acceptors (Lipinski definition) is 2. The topological polar surface area (TPSA) is 33.1 Å². The molecule has 0 fully saturated rings. The lowest BCUT2D eigenvalue weighted by Crippen LogP contribution is -2.02. The Morgan fingerprint density at radius 2 is 2.13 bits per heavy atom. The predicted molar refractivity (Wildman–Crippen MR) is 61.4 cm³/mol. The number of aryl methyl sites for hydroxylation is 2. The zero-order valence-corrected chi connectivity index (χ0v) is 9.54. The van der Waals surface area contributed by atoms with Crippen LogP contribution in [0.15, 0.2) is 12.1 Å². The van der Waals surface area contributed by atoms with Crippen molar-refractivity contribution in [1.29, 1.82) is 0 Å². The van der Waals surface area contributed by atoms with Crippen LogP contribution in [-0.2, 0) is 0 Å². The largest absolute Gasteiger partial charge is 0.388 e. The molecule has 1 aromatic heterocycles. The molecule has 2 nitrogen and oxygen atoms in total. The third-order valence-corrected chi connectivity index (χ3v) is 2.34. The van der Waals surface area contributed by atoms with Crippen LogP contribution in [-0.4, -0.2) is 10.1 Å². The van der Waals surface area contributed by atoms with Gasteiger partial charge in [0.1, 0.15) is 0 Å². The molecule has 0 aliphatic heterocycles. The molecule has 1 heterocycles. The molecule has 0 bridgehead atoms. The van der Waals surface area contributed by atoms with Gasteiger partial charge in [-0.15, -0.1) is 11.8 Å². The van der Waals surface area contributed by atoms with Crippen molar-refractivity contribution in [3.05, 3.63) is 29.1 Å². The number of aliphatic hydroxyl groups is 1. The Morgan fingerprint density at radius 3 is 2.73 bits per heavy atom. The lowest BCUT2D eigenvalue weighted by atomic mass is 10.0. The van der Waals surface area contributed by atoms with Crippen LogP contribution in [0.5, 0.6) is 0 Å². The summed E-state index contributed by atoms with van der Waals surface area (Å²) < 4.78 is 0. The molecule has 2 heteroatoms. The zero-order chi connectivity index (χ0) is 11.3. The van der Waals surface area contributed by atoms with Gasteiger partial charge in [0.15, 0.2) is 0 Å². The van der Waals surface area contributed by atoms with Crippen molar-refractivity contribution in [2.75, 3.05) is 0 Å². The molecule has 1 aromatic rings. The van der Waals surface area contributed by atoms with Crippen LogP contribution in [0.25, 0.3) is 0 Å². The first-order chi connectivity index (χ1) is 7.15. The first kappa shape index (κ1) is 11.7. The number of pyridine rings is 1. The Bertz CT molecular complexity index is 387. The molecule has 15 heavy (non-hydrogen) atoms. The van der Waals surface area contributed by atoms with Crippen LogP contribution in [0.4, 0.5) is 0 Å². The van der Waals surface area contributed by atoms with Crippen LogP contribution < -0.4 is 0 Å². The molecule has 0 saturated carbocycles. The van der Waals surface area contributed by atoms with E-state index in [-0.39, 0.29) is 0 Å². The van der Waals surface area contributed by atoms with E-state index in [0.29, 0.717) is 6.42 Å². The Balaban J connectivity index is 2.71. The minimum absolute atomic E-state index is 0.445. The second-order valence-electron chi connectivity index (χ2n) is 3.61. The van der Waals surface area contributed by atoms with Crippen molar-refractivity contribution in [3.8, 4) is 11.8 Å². The minimum Gasteiger partial charge on any atom is -0.388 e. The molecule has 1 atom stereocenters. The second-order valence-corrected chi connectivity index (χ2v) is 3.61. The molecule has 80 valence electrons. The van der Waals surface area contributed by atoms with E-state index in [1.807, 2.05) is 32.9 Å². The molecule has 0 spiro atoms. The van der Waals surface area contributed by atoms with Gasteiger partial charge < -0.3 is 5.11 Å². The van der Waals surface area contributed by atoms with Gasteiger partial charge in [0.05, 0.1) is 6.10 Å². The summed E-state index contributed by atoms with van der Waals surface area (Å²) in [5.41, 5.74) is 2.81. The average molecular weight is 203 g/mol. The highest BCUT2D eigenvalue weighted by Crippen LogP contribution is 2.20. The van der Waals surface area contributed by atoms with Crippen molar-refractivity contribution in [3.63, 3.8) is 0 Å². The molecule has 0 aliphatic rings. The molecule has 0 radical (unpaired) electrons. The SMILES string of the molecule is CC#CCCC(O)c1ccc(C)nc1C. The monoisotopic (exact) mass is 203 g/mol. The maximum atomic E-state index is 9.91. The quantitative estimate of drug-likeness (QED) is 0.766. The van der Waals surface area contributed by atoms with Crippen molar-refractivity contribution < 1.29 is 5.11 Å². The first-order valence-electron chi connectivity index (χ1n) is 5.17. The van der Waals surface area contributed by atoms with E-state index >= 15 is 0 Å².